The highest BCUT2D eigenvalue weighted by atomic mass is 35.5. The molecule has 5 heteroatoms. The first kappa shape index (κ1) is 14.8. The van der Waals surface area contributed by atoms with E-state index in [4.69, 9.17) is 11.6 Å². The van der Waals surface area contributed by atoms with Crippen molar-refractivity contribution in [3.63, 3.8) is 0 Å². The van der Waals surface area contributed by atoms with Gasteiger partial charge in [0.15, 0.2) is 5.96 Å². The van der Waals surface area contributed by atoms with Crippen LogP contribution in [-0.4, -0.2) is 26.1 Å². The Labute approximate surface area is 112 Å². The molecule has 0 heterocycles. The van der Waals surface area contributed by atoms with Crippen molar-refractivity contribution in [3.05, 3.63) is 34.6 Å². The summed E-state index contributed by atoms with van der Waals surface area (Å²) in [5, 5.41) is 6.73. The van der Waals surface area contributed by atoms with E-state index in [2.05, 4.69) is 22.5 Å². The molecule has 0 aliphatic carbocycles. The van der Waals surface area contributed by atoms with E-state index in [9.17, 15) is 4.39 Å². The highest BCUT2D eigenvalue weighted by Crippen LogP contribution is 2.18. The standard InChI is InChI=1S/C13H19ClFN3/c1-3-8-17-13(16-2)18-9-7-10-11(14)5-4-6-12(10)15/h4-6H,3,7-9H2,1-2H3,(H2,16,17,18). The number of hydrogen-bond acceptors (Lipinski definition) is 1. The molecule has 0 aliphatic heterocycles. The molecule has 1 rings (SSSR count). The van der Waals surface area contributed by atoms with E-state index in [1.807, 2.05) is 0 Å². The minimum atomic E-state index is -0.263. The molecule has 0 bridgehead atoms. The van der Waals surface area contributed by atoms with Gasteiger partial charge < -0.3 is 10.6 Å². The van der Waals surface area contributed by atoms with Gasteiger partial charge in [0.2, 0.25) is 0 Å². The summed E-state index contributed by atoms with van der Waals surface area (Å²) in [6.45, 7) is 3.53. The maximum atomic E-state index is 13.5. The molecule has 1 aromatic carbocycles. The topological polar surface area (TPSA) is 36.4 Å². The molecule has 0 saturated heterocycles. The maximum absolute atomic E-state index is 13.5. The van der Waals surface area contributed by atoms with Gasteiger partial charge in [0.05, 0.1) is 0 Å². The summed E-state index contributed by atoms with van der Waals surface area (Å²) in [5.74, 6) is 0.463. The molecule has 0 aliphatic rings. The second-order valence-electron chi connectivity index (χ2n) is 3.88. The Balaban J connectivity index is 2.46. The van der Waals surface area contributed by atoms with Crippen LogP contribution in [0.25, 0.3) is 0 Å². The van der Waals surface area contributed by atoms with Gasteiger partial charge in [-0.3, -0.25) is 4.99 Å². The third-order valence-corrected chi connectivity index (χ3v) is 2.85. The lowest BCUT2D eigenvalue weighted by Crippen LogP contribution is -2.38. The Morgan fingerprint density at radius 3 is 2.67 bits per heavy atom. The van der Waals surface area contributed by atoms with Gasteiger partial charge >= 0.3 is 0 Å². The molecule has 0 aromatic heterocycles. The summed E-state index contributed by atoms with van der Waals surface area (Å²) in [7, 11) is 1.71. The number of halogens is 2. The van der Waals surface area contributed by atoms with Crippen molar-refractivity contribution in [1.82, 2.24) is 10.6 Å². The molecule has 100 valence electrons. The van der Waals surface area contributed by atoms with Crippen LogP contribution < -0.4 is 10.6 Å². The van der Waals surface area contributed by atoms with E-state index < -0.39 is 0 Å². The van der Waals surface area contributed by atoms with Crippen molar-refractivity contribution in [1.29, 1.82) is 0 Å². The zero-order valence-electron chi connectivity index (χ0n) is 10.8. The smallest absolute Gasteiger partial charge is 0.190 e. The highest BCUT2D eigenvalue weighted by molar-refractivity contribution is 6.31. The Hall–Kier alpha value is -1.29. The van der Waals surface area contributed by atoms with Gasteiger partial charge in [-0.1, -0.05) is 24.6 Å². The molecule has 0 amide bonds. The van der Waals surface area contributed by atoms with Crippen molar-refractivity contribution in [3.8, 4) is 0 Å². The molecule has 1 aromatic rings. The highest BCUT2D eigenvalue weighted by Gasteiger charge is 2.06. The van der Waals surface area contributed by atoms with Crippen LogP contribution in [0.15, 0.2) is 23.2 Å². The van der Waals surface area contributed by atoms with E-state index in [1.54, 1.807) is 19.2 Å². The largest absolute Gasteiger partial charge is 0.356 e. The number of hydrogen-bond donors (Lipinski definition) is 2. The van der Waals surface area contributed by atoms with Crippen LogP contribution in [0.4, 0.5) is 4.39 Å². The monoisotopic (exact) mass is 271 g/mol. The lowest BCUT2D eigenvalue weighted by Gasteiger charge is -2.11. The second kappa shape index (κ2) is 7.93. The fourth-order valence-corrected chi connectivity index (χ4v) is 1.80. The van der Waals surface area contributed by atoms with Crippen molar-refractivity contribution >= 4 is 17.6 Å². The van der Waals surface area contributed by atoms with Gasteiger partial charge in [0.25, 0.3) is 0 Å². The minimum Gasteiger partial charge on any atom is -0.356 e. The van der Waals surface area contributed by atoms with Crippen LogP contribution >= 0.6 is 11.6 Å². The fraction of sp³-hybridized carbons (Fsp3) is 0.462. The van der Waals surface area contributed by atoms with Gasteiger partial charge in [-0.2, -0.15) is 0 Å². The number of rotatable bonds is 5. The lowest BCUT2D eigenvalue weighted by molar-refractivity contribution is 0.607. The van der Waals surface area contributed by atoms with E-state index in [0.29, 0.717) is 23.6 Å². The van der Waals surface area contributed by atoms with Gasteiger partial charge in [-0.15, -0.1) is 0 Å². The van der Waals surface area contributed by atoms with Crippen molar-refractivity contribution in [2.24, 2.45) is 4.99 Å². The Bertz CT molecular complexity index is 387. The zero-order chi connectivity index (χ0) is 13.4. The van der Waals surface area contributed by atoms with Crippen LogP contribution in [0.3, 0.4) is 0 Å². The van der Waals surface area contributed by atoms with Gasteiger partial charge in [-0.05, 0) is 25.0 Å². The van der Waals surface area contributed by atoms with E-state index >= 15 is 0 Å². The van der Waals surface area contributed by atoms with E-state index in [1.165, 1.54) is 6.07 Å². The number of guanidine groups is 1. The number of nitrogens with zero attached hydrogens (tertiary/aromatic N) is 1. The van der Waals surface area contributed by atoms with E-state index in [0.717, 1.165) is 18.9 Å². The zero-order valence-corrected chi connectivity index (χ0v) is 11.5. The van der Waals surface area contributed by atoms with Crippen molar-refractivity contribution in [2.45, 2.75) is 19.8 Å². The van der Waals surface area contributed by atoms with Crippen molar-refractivity contribution < 1.29 is 4.39 Å². The maximum Gasteiger partial charge on any atom is 0.190 e. The summed E-state index contributed by atoms with van der Waals surface area (Å²) in [4.78, 5) is 4.07. The fourth-order valence-electron chi connectivity index (χ4n) is 1.54. The Morgan fingerprint density at radius 2 is 2.06 bits per heavy atom. The van der Waals surface area contributed by atoms with Gasteiger partial charge in [-0.25, -0.2) is 4.39 Å². The Morgan fingerprint density at radius 1 is 1.33 bits per heavy atom. The normalized spacial score (nSPS) is 11.4. The molecule has 0 atom stereocenters. The molecule has 0 saturated carbocycles. The molecule has 0 spiro atoms. The third-order valence-electron chi connectivity index (χ3n) is 2.50. The first-order chi connectivity index (χ1) is 8.69. The summed E-state index contributed by atoms with van der Waals surface area (Å²) < 4.78 is 13.5. The molecule has 0 fully saturated rings. The average Bonchev–Trinajstić information content (AvgIpc) is 2.36. The van der Waals surface area contributed by atoms with Crippen LogP contribution in [0.2, 0.25) is 5.02 Å². The van der Waals surface area contributed by atoms with Crippen molar-refractivity contribution in [2.75, 3.05) is 20.1 Å². The molecule has 0 radical (unpaired) electrons. The Kier molecular flexibility index (Phi) is 6.50. The van der Waals surface area contributed by atoms with Crippen LogP contribution in [0.1, 0.15) is 18.9 Å². The summed E-state index contributed by atoms with van der Waals surface area (Å²) in [5.41, 5.74) is 0.539. The van der Waals surface area contributed by atoms with Crippen LogP contribution in [0.5, 0.6) is 0 Å². The quantitative estimate of drug-likeness (QED) is 0.638. The van der Waals surface area contributed by atoms with E-state index in [-0.39, 0.29) is 5.82 Å². The van der Waals surface area contributed by atoms with Crippen LogP contribution in [-0.2, 0) is 6.42 Å². The predicted molar refractivity (Wildman–Crippen MR) is 74.8 cm³/mol. The molecule has 2 N–H and O–H groups in total. The molecular weight excluding hydrogens is 253 g/mol. The SMILES string of the molecule is CCCNC(=NC)NCCc1c(F)cccc1Cl. The molecule has 18 heavy (non-hydrogen) atoms. The predicted octanol–water partition coefficient (Wildman–Crippen LogP) is 2.60. The number of benzene rings is 1. The summed E-state index contributed by atoms with van der Waals surface area (Å²) in [6, 6.07) is 4.73. The van der Waals surface area contributed by atoms with Crippen LogP contribution in [0, 0.1) is 5.82 Å². The minimum absolute atomic E-state index is 0.263. The average molecular weight is 272 g/mol. The van der Waals surface area contributed by atoms with Gasteiger partial charge in [0.1, 0.15) is 5.82 Å². The molecule has 3 nitrogen and oxygen atoms in total. The first-order valence-electron chi connectivity index (χ1n) is 6.06. The summed E-state index contributed by atoms with van der Waals surface area (Å²) in [6.07, 6.45) is 1.55. The summed E-state index contributed by atoms with van der Waals surface area (Å²) >= 11 is 5.95. The third kappa shape index (κ3) is 4.53. The molecular formula is C13H19ClFN3. The number of nitrogens with one attached hydrogen (secondary N) is 2. The first-order valence-corrected chi connectivity index (χ1v) is 6.44. The number of aliphatic imine (C=N–C) groups is 1. The van der Waals surface area contributed by atoms with Gasteiger partial charge in [0, 0.05) is 30.7 Å². The lowest BCUT2D eigenvalue weighted by atomic mass is 10.1. The second-order valence-corrected chi connectivity index (χ2v) is 4.28. The molecule has 0 unspecified atom stereocenters.